The van der Waals surface area contributed by atoms with Gasteiger partial charge in [-0.2, -0.15) is 0 Å². The van der Waals surface area contributed by atoms with Gasteiger partial charge in [-0.3, -0.25) is 4.79 Å². The Morgan fingerprint density at radius 1 is 1.00 bits per heavy atom. The lowest BCUT2D eigenvalue weighted by molar-refractivity contribution is -0.130. The minimum absolute atomic E-state index is 0.00620. The molecular weight excluding hydrogens is 272 g/mol. The minimum Gasteiger partial charge on any atom is -0.393 e. The molecule has 3 aliphatic rings. The third-order valence-electron chi connectivity index (χ3n) is 7.55. The van der Waals surface area contributed by atoms with Crippen molar-refractivity contribution in [3.05, 3.63) is 0 Å². The van der Waals surface area contributed by atoms with Crippen LogP contribution in [-0.4, -0.2) is 17.0 Å². The molecule has 4 unspecified atom stereocenters. The molecule has 22 heavy (non-hydrogen) atoms. The van der Waals surface area contributed by atoms with Crippen molar-refractivity contribution in [3.8, 4) is 0 Å². The average Bonchev–Trinajstić information content (AvgIpc) is 2.77. The lowest BCUT2D eigenvalue weighted by Gasteiger charge is -2.48. The van der Waals surface area contributed by atoms with E-state index in [1.54, 1.807) is 0 Å². The van der Waals surface area contributed by atoms with E-state index in [1.165, 1.54) is 19.3 Å². The highest BCUT2D eigenvalue weighted by Gasteiger charge is 2.54. The zero-order chi connectivity index (χ0) is 15.9. The fourth-order valence-corrected chi connectivity index (χ4v) is 6.06. The standard InChI is InChI=1S/C20H34O2/c1-13-4-7-17-16(14(2)5-6-15(21)12-13)10-11-20(3)18(17)8-9-19(20)22/h13-18,21H,4-12H2,1-3H3/t13?,14-,15+,16?,17?,18?,20-/m0/s1. The van der Waals surface area contributed by atoms with Crippen LogP contribution in [-0.2, 0) is 4.79 Å². The molecule has 126 valence electrons. The SMILES string of the molecule is CC1CCC2C(CC[C@]3(C)C(=O)CCC23)[C@@H](C)CC[C@@H](O)C1. The number of carbonyl (C=O) groups excluding carboxylic acids is 1. The Morgan fingerprint density at radius 2 is 1.77 bits per heavy atom. The molecule has 0 bridgehead atoms. The zero-order valence-electron chi connectivity index (χ0n) is 14.7. The summed E-state index contributed by atoms with van der Waals surface area (Å²) in [5, 5.41) is 10.2. The number of fused-ring (bicyclic) bond motifs is 3. The van der Waals surface area contributed by atoms with Gasteiger partial charge in [0.25, 0.3) is 0 Å². The molecule has 3 rings (SSSR count). The first-order valence-electron chi connectivity index (χ1n) is 9.63. The van der Waals surface area contributed by atoms with Gasteiger partial charge in [0.15, 0.2) is 0 Å². The predicted molar refractivity (Wildman–Crippen MR) is 89.5 cm³/mol. The lowest BCUT2D eigenvalue weighted by Crippen LogP contribution is -2.44. The third-order valence-corrected chi connectivity index (χ3v) is 7.55. The fourth-order valence-electron chi connectivity index (χ4n) is 6.06. The summed E-state index contributed by atoms with van der Waals surface area (Å²) in [5.74, 6) is 4.03. The molecule has 3 aliphatic carbocycles. The van der Waals surface area contributed by atoms with E-state index < -0.39 is 0 Å². The van der Waals surface area contributed by atoms with Crippen molar-refractivity contribution in [2.45, 2.75) is 84.7 Å². The monoisotopic (exact) mass is 306 g/mol. The predicted octanol–water partition coefficient (Wildman–Crippen LogP) is 4.60. The minimum atomic E-state index is -0.101. The van der Waals surface area contributed by atoms with Crippen molar-refractivity contribution in [2.75, 3.05) is 0 Å². The van der Waals surface area contributed by atoms with Crippen LogP contribution in [0.25, 0.3) is 0 Å². The molecular formula is C20H34O2. The van der Waals surface area contributed by atoms with Crippen LogP contribution in [0.4, 0.5) is 0 Å². The largest absolute Gasteiger partial charge is 0.393 e. The van der Waals surface area contributed by atoms with Gasteiger partial charge in [-0.1, -0.05) is 27.2 Å². The van der Waals surface area contributed by atoms with E-state index >= 15 is 0 Å². The Hall–Kier alpha value is -0.370. The van der Waals surface area contributed by atoms with E-state index in [2.05, 4.69) is 20.8 Å². The zero-order valence-corrected chi connectivity index (χ0v) is 14.7. The number of aliphatic hydroxyl groups excluding tert-OH is 1. The van der Waals surface area contributed by atoms with E-state index in [9.17, 15) is 9.90 Å². The summed E-state index contributed by atoms with van der Waals surface area (Å²) in [5.41, 5.74) is -0.00620. The second-order valence-electron chi connectivity index (χ2n) is 8.98. The number of hydrogen-bond donors (Lipinski definition) is 1. The summed E-state index contributed by atoms with van der Waals surface area (Å²) >= 11 is 0. The molecule has 0 radical (unpaired) electrons. The van der Waals surface area contributed by atoms with Gasteiger partial charge in [0.2, 0.25) is 0 Å². The molecule has 0 aromatic carbocycles. The Balaban J connectivity index is 1.82. The topological polar surface area (TPSA) is 37.3 Å². The highest BCUT2D eigenvalue weighted by atomic mass is 16.3. The number of Topliss-reactive ketones (excluding diaryl/α,β-unsaturated/α-hetero) is 1. The van der Waals surface area contributed by atoms with Gasteiger partial charge in [0, 0.05) is 11.8 Å². The van der Waals surface area contributed by atoms with Crippen LogP contribution in [0.1, 0.15) is 78.6 Å². The van der Waals surface area contributed by atoms with Gasteiger partial charge < -0.3 is 5.11 Å². The van der Waals surface area contributed by atoms with Crippen molar-refractivity contribution in [1.29, 1.82) is 0 Å². The van der Waals surface area contributed by atoms with E-state index in [4.69, 9.17) is 0 Å². The molecule has 0 amide bonds. The van der Waals surface area contributed by atoms with Gasteiger partial charge in [-0.25, -0.2) is 0 Å². The highest BCUT2D eigenvalue weighted by Crippen LogP contribution is 2.57. The van der Waals surface area contributed by atoms with Crippen LogP contribution in [0.5, 0.6) is 0 Å². The van der Waals surface area contributed by atoms with Crippen LogP contribution >= 0.6 is 0 Å². The first-order chi connectivity index (χ1) is 10.4. The van der Waals surface area contributed by atoms with Crippen molar-refractivity contribution in [2.24, 2.45) is 35.0 Å². The fraction of sp³-hybridized carbons (Fsp3) is 0.950. The van der Waals surface area contributed by atoms with Crippen LogP contribution < -0.4 is 0 Å². The molecule has 0 heterocycles. The number of ketones is 1. The van der Waals surface area contributed by atoms with Crippen molar-refractivity contribution < 1.29 is 9.90 Å². The van der Waals surface area contributed by atoms with Gasteiger partial charge in [0.1, 0.15) is 5.78 Å². The normalized spacial score (nSPS) is 50.3. The highest BCUT2D eigenvalue weighted by molar-refractivity contribution is 5.87. The molecule has 2 nitrogen and oxygen atoms in total. The Morgan fingerprint density at radius 3 is 2.55 bits per heavy atom. The van der Waals surface area contributed by atoms with Crippen molar-refractivity contribution in [1.82, 2.24) is 0 Å². The Bertz CT molecular complexity index is 418. The molecule has 7 atom stereocenters. The average molecular weight is 306 g/mol. The van der Waals surface area contributed by atoms with Crippen LogP contribution in [0, 0.1) is 35.0 Å². The summed E-state index contributed by atoms with van der Waals surface area (Å²) in [6, 6.07) is 0. The number of carbonyl (C=O) groups is 1. The first kappa shape index (κ1) is 16.5. The number of rotatable bonds is 0. The summed E-state index contributed by atoms with van der Waals surface area (Å²) < 4.78 is 0. The number of hydrogen-bond acceptors (Lipinski definition) is 2. The van der Waals surface area contributed by atoms with E-state index in [0.717, 1.165) is 50.4 Å². The maximum absolute atomic E-state index is 12.4. The summed E-state index contributed by atoms with van der Waals surface area (Å²) in [6.07, 6.45) is 9.80. The van der Waals surface area contributed by atoms with Crippen LogP contribution in [0.15, 0.2) is 0 Å². The second-order valence-corrected chi connectivity index (χ2v) is 8.98. The molecule has 1 N–H and O–H groups in total. The van der Waals surface area contributed by atoms with E-state index in [-0.39, 0.29) is 11.5 Å². The number of aliphatic hydroxyl groups is 1. The molecule has 3 fully saturated rings. The van der Waals surface area contributed by atoms with Crippen LogP contribution in [0.3, 0.4) is 0 Å². The molecule has 0 spiro atoms. The smallest absolute Gasteiger partial charge is 0.139 e. The molecule has 0 saturated heterocycles. The summed E-state index contributed by atoms with van der Waals surface area (Å²) in [6.45, 7) is 6.96. The second kappa shape index (κ2) is 6.26. The summed E-state index contributed by atoms with van der Waals surface area (Å²) in [7, 11) is 0. The van der Waals surface area contributed by atoms with Crippen LogP contribution in [0.2, 0.25) is 0 Å². The summed E-state index contributed by atoms with van der Waals surface area (Å²) in [4.78, 5) is 12.4. The maximum atomic E-state index is 12.4. The lowest BCUT2D eigenvalue weighted by atomic mass is 9.56. The first-order valence-corrected chi connectivity index (χ1v) is 9.63. The van der Waals surface area contributed by atoms with Crippen molar-refractivity contribution >= 4 is 5.78 Å². The Kier molecular flexibility index (Phi) is 4.69. The quantitative estimate of drug-likeness (QED) is 0.710. The Labute approximate surface area is 136 Å². The van der Waals surface area contributed by atoms with Gasteiger partial charge in [-0.15, -0.1) is 0 Å². The van der Waals surface area contributed by atoms with Crippen molar-refractivity contribution in [3.63, 3.8) is 0 Å². The van der Waals surface area contributed by atoms with Gasteiger partial charge in [-0.05, 0) is 74.5 Å². The van der Waals surface area contributed by atoms with Gasteiger partial charge >= 0.3 is 0 Å². The maximum Gasteiger partial charge on any atom is 0.139 e. The van der Waals surface area contributed by atoms with E-state index in [1.807, 2.05) is 0 Å². The molecule has 0 aliphatic heterocycles. The molecule has 0 aromatic rings. The molecule has 0 aromatic heterocycles. The van der Waals surface area contributed by atoms with E-state index in [0.29, 0.717) is 23.5 Å². The van der Waals surface area contributed by atoms with Gasteiger partial charge in [0.05, 0.1) is 6.10 Å². The molecule has 2 heteroatoms. The third kappa shape index (κ3) is 2.88. The molecule has 3 saturated carbocycles.